The third kappa shape index (κ3) is 3.66. The molecule has 1 aromatic heterocycles. The van der Waals surface area contributed by atoms with E-state index in [4.69, 9.17) is 0 Å². The predicted molar refractivity (Wildman–Crippen MR) is 119 cm³/mol. The molecule has 0 N–H and O–H groups in total. The minimum absolute atomic E-state index is 0.323. The number of anilines is 1. The quantitative estimate of drug-likeness (QED) is 0.491. The van der Waals surface area contributed by atoms with Crippen LogP contribution in [-0.4, -0.2) is 59.1 Å². The fourth-order valence-electron chi connectivity index (χ4n) is 3.84. The largest absolute Gasteiger partial charge is 0.337 e. The lowest BCUT2D eigenvalue weighted by Gasteiger charge is -2.34. The molecular formula is C22H22N6O2S. The van der Waals surface area contributed by atoms with Crippen molar-refractivity contribution in [2.45, 2.75) is 11.8 Å². The first kappa shape index (κ1) is 19.7. The van der Waals surface area contributed by atoms with Gasteiger partial charge in [-0.25, -0.2) is 8.42 Å². The monoisotopic (exact) mass is 434 g/mol. The molecule has 3 aromatic carbocycles. The van der Waals surface area contributed by atoms with Gasteiger partial charge in [0.15, 0.2) is 0 Å². The number of piperazine rings is 1. The minimum Gasteiger partial charge on any atom is -0.337 e. The highest BCUT2D eigenvalue weighted by Gasteiger charge is 2.30. The molecule has 2 heterocycles. The Morgan fingerprint density at radius 2 is 1.55 bits per heavy atom. The maximum absolute atomic E-state index is 13.2. The molecule has 0 aliphatic carbocycles. The van der Waals surface area contributed by atoms with Gasteiger partial charge < -0.3 is 4.90 Å². The SMILES string of the molecule is Cc1ccc(-n2nnnc2N2CCN(S(=O)(=O)c3ccc4ccccc4c3)CC2)cc1. The van der Waals surface area contributed by atoms with E-state index < -0.39 is 10.0 Å². The van der Waals surface area contributed by atoms with E-state index in [1.54, 1.807) is 16.8 Å². The van der Waals surface area contributed by atoms with Crippen molar-refractivity contribution in [1.29, 1.82) is 0 Å². The summed E-state index contributed by atoms with van der Waals surface area (Å²) in [7, 11) is -3.56. The molecule has 0 amide bonds. The van der Waals surface area contributed by atoms with Gasteiger partial charge in [0.1, 0.15) is 0 Å². The Hall–Kier alpha value is -3.30. The summed E-state index contributed by atoms with van der Waals surface area (Å²) in [4.78, 5) is 2.34. The first-order chi connectivity index (χ1) is 15.0. The molecule has 8 nitrogen and oxygen atoms in total. The maximum atomic E-state index is 13.2. The van der Waals surface area contributed by atoms with Crippen molar-refractivity contribution in [2.75, 3.05) is 31.1 Å². The summed E-state index contributed by atoms with van der Waals surface area (Å²) in [5, 5.41) is 14.1. The van der Waals surface area contributed by atoms with Gasteiger partial charge in [0, 0.05) is 26.2 Å². The number of benzene rings is 3. The average molecular weight is 435 g/mol. The predicted octanol–water partition coefficient (Wildman–Crippen LogP) is 2.63. The molecule has 5 rings (SSSR count). The summed E-state index contributed by atoms with van der Waals surface area (Å²) in [5.74, 6) is 0.617. The standard InChI is InChI=1S/C22H22N6O2S/c1-17-6-9-20(10-7-17)28-22(23-24-25-28)26-12-14-27(15-13-26)31(29,30)21-11-8-18-4-2-3-5-19(18)16-21/h2-11,16H,12-15H2,1H3. The van der Waals surface area contributed by atoms with E-state index in [1.807, 2.05) is 66.4 Å². The Bertz CT molecular complexity index is 1330. The number of hydrogen-bond acceptors (Lipinski definition) is 6. The molecular weight excluding hydrogens is 412 g/mol. The number of sulfonamides is 1. The Labute approximate surface area is 180 Å². The summed E-state index contributed by atoms with van der Waals surface area (Å²) < 4.78 is 29.6. The second kappa shape index (κ2) is 7.75. The van der Waals surface area contributed by atoms with E-state index >= 15 is 0 Å². The molecule has 0 unspecified atom stereocenters. The van der Waals surface area contributed by atoms with Crippen molar-refractivity contribution in [2.24, 2.45) is 0 Å². The molecule has 1 fully saturated rings. The van der Waals surface area contributed by atoms with Gasteiger partial charge in [0.05, 0.1) is 10.6 Å². The summed E-state index contributed by atoms with van der Waals surface area (Å²) in [6, 6.07) is 21.0. The fourth-order valence-corrected chi connectivity index (χ4v) is 5.30. The summed E-state index contributed by atoms with van der Waals surface area (Å²) in [5.41, 5.74) is 2.03. The zero-order chi connectivity index (χ0) is 21.4. The topological polar surface area (TPSA) is 84.2 Å². The van der Waals surface area contributed by atoms with Crippen LogP contribution in [0, 0.1) is 6.92 Å². The molecule has 0 atom stereocenters. The van der Waals surface area contributed by atoms with Crippen molar-refractivity contribution < 1.29 is 8.42 Å². The normalized spacial score (nSPS) is 15.5. The lowest BCUT2D eigenvalue weighted by molar-refractivity contribution is 0.381. The van der Waals surface area contributed by atoms with Gasteiger partial charge in [-0.15, -0.1) is 0 Å². The summed E-state index contributed by atoms with van der Waals surface area (Å²) >= 11 is 0. The highest BCUT2D eigenvalue weighted by Crippen LogP contribution is 2.24. The fraction of sp³-hybridized carbons (Fsp3) is 0.227. The average Bonchev–Trinajstić information content (AvgIpc) is 3.29. The Morgan fingerprint density at radius 1 is 0.839 bits per heavy atom. The second-order valence-corrected chi connectivity index (χ2v) is 9.56. The third-order valence-electron chi connectivity index (χ3n) is 5.61. The Balaban J connectivity index is 1.34. The Kier molecular flexibility index (Phi) is 4.91. The van der Waals surface area contributed by atoms with E-state index in [-0.39, 0.29) is 0 Å². The van der Waals surface area contributed by atoms with E-state index in [1.165, 1.54) is 4.31 Å². The van der Waals surface area contributed by atoms with Crippen LogP contribution in [0.2, 0.25) is 0 Å². The van der Waals surface area contributed by atoms with Crippen LogP contribution in [0.1, 0.15) is 5.56 Å². The maximum Gasteiger partial charge on any atom is 0.250 e. The van der Waals surface area contributed by atoms with Gasteiger partial charge >= 0.3 is 0 Å². The molecule has 4 aromatic rings. The molecule has 0 radical (unpaired) electrons. The number of aryl methyl sites for hydroxylation is 1. The lowest BCUT2D eigenvalue weighted by atomic mass is 10.1. The van der Waals surface area contributed by atoms with Crippen molar-refractivity contribution in [3.8, 4) is 5.69 Å². The van der Waals surface area contributed by atoms with Crippen molar-refractivity contribution >= 4 is 26.7 Å². The number of aromatic nitrogens is 4. The van der Waals surface area contributed by atoms with Gasteiger partial charge in [-0.2, -0.15) is 8.99 Å². The first-order valence-corrected chi connectivity index (χ1v) is 11.6. The van der Waals surface area contributed by atoms with Gasteiger partial charge in [-0.1, -0.05) is 53.1 Å². The minimum atomic E-state index is -3.56. The second-order valence-electron chi connectivity index (χ2n) is 7.63. The zero-order valence-corrected chi connectivity index (χ0v) is 17.9. The number of fused-ring (bicyclic) bond motifs is 1. The highest BCUT2D eigenvalue weighted by atomic mass is 32.2. The molecule has 1 aliphatic rings. The smallest absolute Gasteiger partial charge is 0.250 e. The van der Waals surface area contributed by atoms with Crippen LogP contribution in [0.15, 0.2) is 71.6 Å². The van der Waals surface area contributed by atoms with Crippen LogP contribution >= 0.6 is 0 Å². The molecule has 158 valence electrons. The molecule has 0 saturated carbocycles. The van der Waals surface area contributed by atoms with E-state index in [2.05, 4.69) is 15.5 Å². The van der Waals surface area contributed by atoms with Gasteiger partial charge in [-0.05, 0) is 52.4 Å². The lowest BCUT2D eigenvalue weighted by Crippen LogP contribution is -2.49. The number of rotatable bonds is 4. The number of hydrogen-bond donors (Lipinski definition) is 0. The van der Waals surface area contributed by atoms with Gasteiger partial charge in [0.25, 0.3) is 0 Å². The van der Waals surface area contributed by atoms with E-state index in [0.29, 0.717) is 37.0 Å². The van der Waals surface area contributed by atoms with E-state index in [0.717, 1.165) is 22.0 Å². The van der Waals surface area contributed by atoms with Crippen LogP contribution in [0.3, 0.4) is 0 Å². The van der Waals surface area contributed by atoms with Crippen LogP contribution in [0.25, 0.3) is 16.5 Å². The number of tetrazole rings is 1. The van der Waals surface area contributed by atoms with Crippen molar-refractivity contribution in [3.05, 3.63) is 72.3 Å². The van der Waals surface area contributed by atoms with Crippen molar-refractivity contribution in [1.82, 2.24) is 24.5 Å². The zero-order valence-electron chi connectivity index (χ0n) is 17.1. The molecule has 1 saturated heterocycles. The van der Waals surface area contributed by atoms with Crippen LogP contribution in [-0.2, 0) is 10.0 Å². The Morgan fingerprint density at radius 3 is 2.29 bits per heavy atom. The molecule has 1 aliphatic heterocycles. The van der Waals surface area contributed by atoms with Crippen molar-refractivity contribution in [3.63, 3.8) is 0 Å². The van der Waals surface area contributed by atoms with Crippen LogP contribution in [0.4, 0.5) is 5.95 Å². The molecule has 0 spiro atoms. The van der Waals surface area contributed by atoms with Gasteiger partial charge in [-0.3, -0.25) is 0 Å². The first-order valence-electron chi connectivity index (χ1n) is 10.1. The number of nitrogens with zero attached hydrogens (tertiary/aromatic N) is 6. The van der Waals surface area contributed by atoms with E-state index in [9.17, 15) is 8.42 Å². The van der Waals surface area contributed by atoms with Crippen LogP contribution < -0.4 is 4.90 Å². The summed E-state index contributed by atoms with van der Waals surface area (Å²) in [6.07, 6.45) is 0. The van der Waals surface area contributed by atoms with Gasteiger partial charge in [0.2, 0.25) is 16.0 Å². The third-order valence-corrected chi connectivity index (χ3v) is 7.51. The molecule has 31 heavy (non-hydrogen) atoms. The molecule has 9 heteroatoms. The molecule has 0 bridgehead atoms. The van der Waals surface area contributed by atoms with Crippen LogP contribution in [0.5, 0.6) is 0 Å². The highest BCUT2D eigenvalue weighted by molar-refractivity contribution is 7.89. The summed E-state index contributed by atoms with van der Waals surface area (Å²) in [6.45, 7) is 3.80.